The number of methoxy groups -OCH3 is 1. The molecule has 0 atom stereocenters. The summed E-state index contributed by atoms with van der Waals surface area (Å²) < 4.78 is 12.6. The van der Waals surface area contributed by atoms with Crippen molar-refractivity contribution in [2.45, 2.75) is 6.61 Å². The van der Waals surface area contributed by atoms with E-state index in [4.69, 9.17) is 9.47 Å². The average Bonchev–Trinajstić information content (AvgIpc) is 2.82. The Bertz CT molecular complexity index is 1280. The molecule has 0 aliphatic heterocycles. The predicted octanol–water partition coefficient (Wildman–Crippen LogP) is 7.25. The van der Waals surface area contributed by atoms with Crippen molar-refractivity contribution in [3.05, 3.63) is 106 Å². The Kier molecular flexibility index (Phi) is 6.35. The number of allylic oxidation sites excluding steroid dienone is 1. The molecule has 0 unspecified atom stereocenters. The largest absolute Gasteiger partial charge is 0.493 e. The zero-order valence-electron chi connectivity index (χ0n) is 17.0. The summed E-state index contributed by atoms with van der Waals surface area (Å²) in [6.07, 6.45) is 1.85. The minimum Gasteiger partial charge on any atom is -0.493 e. The summed E-state index contributed by atoms with van der Waals surface area (Å²) in [6.45, 7) is 0.440. The first kappa shape index (κ1) is 20.7. The molecular weight excluding hydrogens is 450 g/mol. The normalized spacial score (nSPS) is 11.2. The van der Waals surface area contributed by atoms with Crippen molar-refractivity contribution >= 4 is 38.4 Å². The van der Waals surface area contributed by atoms with Gasteiger partial charge in [-0.15, -0.1) is 0 Å². The topological polar surface area (TPSA) is 42.2 Å². The van der Waals surface area contributed by atoms with E-state index in [1.165, 1.54) is 10.8 Å². The van der Waals surface area contributed by atoms with Gasteiger partial charge in [-0.3, -0.25) is 0 Å². The zero-order chi connectivity index (χ0) is 21.6. The monoisotopic (exact) mass is 469 g/mol. The van der Waals surface area contributed by atoms with Crippen LogP contribution in [0.2, 0.25) is 0 Å². The molecule has 0 amide bonds. The van der Waals surface area contributed by atoms with Crippen molar-refractivity contribution in [1.82, 2.24) is 0 Å². The first-order valence-electron chi connectivity index (χ1n) is 9.83. The summed E-state index contributed by atoms with van der Waals surface area (Å²) in [6, 6.07) is 30.1. The molecule has 4 heteroatoms. The molecule has 152 valence electrons. The van der Waals surface area contributed by atoms with Gasteiger partial charge in [-0.25, -0.2) is 0 Å². The molecule has 3 nitrogen and oxygen atoms in total. The van der Waals surface area contributed by atoms with Crippen LogP contribution in [0.5, 0.6) is 11.5 Å². The van der Waals surface area contributed by atoms with Crippen LogP contribution in [0.3, 0.4) is 0 Å². The van der Waals surface area contributed by atoms with E-state index in [0.717, 1.165) is 21.2 Å². The lowest BCUT2D eigenvalue weighted by Crippen LogP contribution is -1.98. The molecule has 0 spiro atoms. The first-order valence-corrected chi connectivity index (χ1v) is 10.6. The van der Waals surface area contributed by atoms with Crippen molar-refractivity contribution in [2.75, 3.05) is 7.11 Å². The molecule has 31 heavy (non-hydrogen) atoms. The quantitative estimate of drug-likeness (QED) is 0.220. The van der Waals surface area contributed by atoms with Gasteiger partial charge in [0.25, 0.3) is 0 Å². The second kappa shape index (κ2) is 9.51. The highest BCUT2D eigenvalue weighted by atomic mass is 79.9. The van der Waals surface area contributed by atoms with Crippen molar-refractivity contribution in [3.8, 4) is 17.6 Å². The smallest absolute Gasteiger partial charge is 0.161 e. The Morgan fingerprint density at radius 2 is 1.71 bits per heavy atom. The number of ether oxygens (including phenoxy) is 2. The zero-order valence-corrected chi connectivity index (χ0v) is 18.6. The van der Waals surface area contributed by atoms with Crippen molar-refractivity contribution in [2.24, 2.45) is 0 Å². The van der Waals surface area contributed by atoms with E-state index in [1.54, 1.807) is 7.11 Å². The molecule has 4 aromatic rings. The van der Waals surface area contributed by atoms with Gasteiger partial charge in [0.2, 0.25) is 0 Å². The Morgan fingerprint density at radius 3 is 2.48 bits per heavy atom. The van der Waals surface area contributed by atoms with Crippen molar-refractivity contribution in [3.63, 3.8) is 0 Å². The summed E-state index contributed by atoms with van der Waals surface area (Å²) in [5.74, 6) is 1.29. The number of hydrogen-bond donors (Lipinski definition) is 0. The number of rotatable bonds is 6. The van der Waals surface area contributed by atoms with Crippen LogP contribution < -0.4 is 9.47 Å². The van der Waals surface area contributed by atoms with Gasteiger partial charge in [0.05, 0.1) is 18.8 Å². The van der Waals surface area contributed by atoms with Gasteiger partial charge >= 0.3 is 0 Å². The van der Waals surface area contributed by atoms with Crippen LogP contribution in [-0.2, 0) is 6.61 Å². The fourth-order valence-electron chi connectivity index (χ4n) is 3.44. The van der Waals surface area contributed by atoms with Crippen LogP contribution in [-0.4, -0.2) is 7.11 Å². The number of hydrogen-bond acceptors (Lipinski definition) is 3. The molecule has 0 saturated heterocycles. The third-order valence-corrected chi connectivity index (χ3v) is 5.57. The molecule has 0 aromatic heterocycles. The van der Waals surface area contributed by atoms with Crippen LogP contribution in [0.25, 0.3) is 22.4 Å². The number of fused-ring (bicyclic) bond motifs is 1. The maximum atomic E-state index is 9.60. The second-order valence-corrected chi connectivity index (χ2v) is 7.93. The predicted molar refractivity (Wildman–Crippen MR) is 129 cm³/mol. The Balaban J connectivity index is 1.58. The maximum absolute atomic E-state index is 9.60. The molecule has 0 heterocycles. The highest BCUT2D eigenvalue weighted by molar-refractivity contribution is 9.10. The van der Waals surface area contributed by atoms with Gasteiger partial charge < -0.3 is 9.47 Å². The SMILES string of the molecule is COc1cc(/C=C(/C#N)c2ccc(Br)cc2)ccc1OCc1cccc2ccccc12. The van der Waals surface area contributed by atoms with Crippen LogP contribution >= 0.6 is 15.9 Å². The lowest BCUT2D eigenvalue weighted by molar-refractivity contribution is 0.285. The molecule has 0 N–H and O–H groups in total. The Labute approximate surface area is 190 Å². The lowest BCUT2D eigenvalue weighted by Gasteiger charge is -2.13. The highest BCUT2D eigenvalue weighted by Crippen LogP contribution is 2.31. The summed E-state index contributed by atoms with van der Waals surface area (Å²) in [5, 5.41) is 12.0. The molecule has 0 saturated carbocycles. The van der Waals surface area contributed by atoms with Gasteiger partial charge in [-0.05, 0) is 57.8 Å². The van der Waals surface area contributed by atoms with Gasteiger partial charge in [0, 0.05) is 4.47 Å². The highest BCUT2D eigenvalue weighted by Gasteiger charge is 2.09. The Hall–Kier alpha value is -3.55. The molecular formula is C27H20BrNO2. The van der Waals surface area contributed by atoms with Gasteiger partial charge in [-0.1, -0.05) is 76.6 Å². The molecule has 0 bridgehead atoms. The molecule has 0 radical (unpaired) electrons. The molecule has 0 aliphatic rings. The van der Waals surface area contributed by atoms with E-state index in [2.05, 4.69) is 46.3 Å². The van der Waals surface area contributed by atoms with E-state index < -0.39 is 0 Å². The van der Waals surface area contributed by atoms with E-state index in [-0.39, 0.29) is 0 Å². The molecule has 4 rings (SSSR count). The van der Waals surface area contributed by atoms with Crippen molar-refractivity contribution < 1.29 is 9.47 Å². The summed E-state index contributed by atoms with van der Waals surface area (Å²) in [5.41, 5.74) is 3.43. The summed E-state index contributed by atoms with van der Waals surface area (Å²) in [4.78, 5) is 0. The minimum atomic E-state index is 0.440. The Morgan fingerprint density at radius 1 is 0.935 bits per heavy atom. The number of halogens is 1. The number of nitriles is 1. The van der Waals surface area contributed by atoms with Crippen LogP contribution in [0.4, 0.5) is 0 Å². The fraction of sp³-hybridized carbons (Fsp3) is 0.0741. The van der Waals surface area contributed by atoms with Crippen LogP contribution in [0, 0.1) is 11.3 Å². The van der Waals surface area contributed by atoms with E-state index in [1.807, 2.05) is 66.7 Å². The van der Waals surface area contributed by atoms with Crippen molar-refractivity contribution in [1.29, 1.82) is 5.26 Å². The van der Waals surface area contributed by atoms with Gasteiger partial charge in [0.1, 0.15) is 6.61 Å². The van der Waals surface area contributed by atoms with E-state index in [9.17, 15) is 5.26 Å². The average molecular weight is 470 g/mol. The fourth-order valence-corrected chi connectivity index (χ4v) is 3.71. The summed E-state index contributed by atoms with van der Waals surface area (Å²) >= 11 is 3.42. The summed E-state index contributed by atoms with van der Waals surface area (Å²) in [7, 11) is 1.62. The molecule has 0 fully saturated rings. The van der Waals surface area contributed by atoms with E-state index in [0.29, 0.717) is 23.7 Å². The molecule has 0 aliphatic carbocycles. The number of nitrogens with zero attached hydrogens (tertiary/aromatic N) is 1. The van der Waals surface area contributed by atoms with Gasteiger partial charge in [-0.2, -0.15) is 5.26 Å². The second-order valence-electron chi connectivity index (χ2n) is 7.01. The van der Waals surface area contributed by atoms with Crippen LogP contribution in [0.15, 0.2) is 89.4 Å². The maximum Gasteiger partial charge on any atom is 0.161 e. The third-order valence-electron chi connectivity index (χ3n) is 5.04. The van der Waals surface area contributed by atoms with Gasteiger partial charge in [0.15, 0.2) is 11.5 Å². The minimum absolute atomic E-state index is 0.440. The van der Waals surface area contributed by atoms with E-state index >= 15 is 0 Å². The number of benzene rings is 4. The molecule has 4 aromatic carbocycles. The standard InChI is InChI=1S/C27H20BrNO2/c1-30-27-16-19(15-23(17-29)20-10-12-24(28)13-11-20)9-14-26(27)31-18-22-7-4-6-21-5-2-3-8-25(21)22/h2-16H,18H2,1H3/b23-15-. The third kappa shape index (κ3) is 4.79. The van der Waals surface area contributed by atoms with Crippen LogP contribution in [0.1, 0.15) is 16.7 Å². The first-order chi connectivity index (χ1) is 15.2. The lowest BCUT2D eigenvalue weighted by atomic mass is 10.0.